The minimum absolute atomic E-state index is 0.0708. The van der Waals surface area contributed by atoms with E-state index in [1.54, 1.807) is 35.2 Å². The van der Waals surface area contributed by atoms with E-state index < -0.39 is 29.3 Å². The van der Waals surface area contributed by atoms with Gasteiger partial charge < -0.3 is 20.3 Å². The minimum atomic E-state index is -1.01. The Bertz CT molecular complexity index is 1690. The SMILES string of the molecule is C=CC(=O)N1CCC[C@@H](NC(=O)c2sc3nccc4c3c2NC(=O)N4c2c(F)cc(Oc3ccccc3)cc2F)C1. The number of carbonyl (C=O) groups is 3. The van der Waals surface area contributed by atoms with Crippen LogP contribution in [-0.4, -0.2) is 46.9 Å². The lowest BCUT2D eigenvalue weighted by Crippen LogP contribution is -2.49. The Kier molecular flexibility index (Phi) is 6.83. The van der Waals surface area contributed by atoms with Crippen LogP contribution in [0.25, 0.3) is 10.2 Å². The third kappa shape index (κ3) is 4.86. The summed E-state index contributed by atoms with van der Waals surface area (Å²) in [5.74, 6) is -2.35. The van der Waals surface area contributed by atoms with Crippen molar-refractivity contribution in [2.45, 2.75) is 18.9 Å². The van der Waals surface area contributed by atoms with E-state index in [4.69, 9.17) is 4.74 Å². The summed E-state index contributed by atoms with van der Waals surface area (Å²) in [4.78, 5) is 46.2. The number of halogens is 2. The largest absolute Gasteiger partial charge is 0.457 e. The molecule has 1 saturated heterocycles. The predicted molar refractivity (Wildman–Crippen MR) is 151 cm³/mol. The first kappa shape index (κ1) is 26.4. The Morgan fingerprint density at radius 1 is 1.15 bits per heavy atom. The summed E-state index contributed by atoms with van der Waals surface area (Å²) in [7, 11) is 0. The number of pyridine rings is 1. The number of amides is 4. The minimum Gasteiger partial charge on any atom is -0.457 e. The third-order valence-electron chi connectivity index (χ3n) is 6.89. The summed E-state index contributed by atoms with van der Waals surface area (Å²) >= 11 is 1.05. The van der Waals surface area contributed by atoms with E-state index in [0.717, 1.165) is 28.4 Å². The molecular weight excluding hydrogens is 552 g/mol. The van der Waals surface area contributed by atoms with E-state index in [-0.39, 0.29) is 34.0 Å². The molecule has 2 aromatic carbocycles. The number of nitrogens with zero attached hydrogens (tertiary/aromatic N) is 3. The first-order valence-corrected chi connectivity index (χ1v) is 13.6. The summed E-state index contributed by atoms with van der Waals surface area (Å²) < 4.78 is 36.3. The van der Waals surface area contributed by atoms with Crippen molar-refractivity contribution in [1.82, 2.24) is 15.2 Å². The maximum Gasteiger partial charge on any atom is 0.331 e. The van der Waals surface area contributed by atoms with E-state index in [9.17, 15) is 14.4 Å². The highest BCUT2D eigenvalue weighted by molar-refractivity contribution is 7.21. The van der Waals surface area contributed by atoms with Crippen LogP contribution in [0.4, 0.5) is 30.6 Å². The van der Waals surface area contributed by atoms with Crippen LogP contribution in [0.3, 0.4) is 0 Å². The molecule has 0 radical (unpaired) electrons. The van der Waals surface area contributed by atoms with Gasteiger partial charge in [0, 0.05) is 37.5 Å². The second kappa shape index (κ2) is 10.6. The smallest absolute Gasteiger partial charge is 0.331 e. The zero-order valence-electron chi connectivity index (χ0n) is 21.5. The van der Waals surface area contributed by atoms with Crippen molar-refractivity contribution in [1.29, 1.82) is 0 Å². The number of aromatic nitrogens is 1. The zero-order valence-corrected chi connectivity index (χ0v) is 22.3. The molecule has 0 aliphatic carbocycles. The van der Waals surface area contributed by atoms with Crippen molar-refractivity contribution in [2.24, 2.45) is 0 Å². The van der Waals surface area contributed by atoms with E-state index in [0.29, 0.717) is 41.9 Å². The third-order valence-corrected chi connectivity index (χ3v) is 7.98. The summed E-state index contributed by atoms with van der Waals surface area (Å²) in [6.45, 7) is 4.43. The number of hydrogen-bond donors (Lipinski definition) is 2. The van der Waals surface area contributed by atoms with Crippen molar-refractivity contribution in [3.63, 3.8) is 0 Å². The van der Waals surface area contributed by atoms with Crippen LogP contribution in [0, 0.1) is 11.6 Å². The quantitative estimate of drug-likeness (QED) is 0.276. The highest BCUT2D eigenvalue weighted by Crippen LogP contribution is 2.47. The number of ether oxygens (including phenoxy) is 1. The van der Waals surface area contributed by atoms with E-state index >= 15 is 8.78 Å². The number of nitrogens with one attached hydrogen (secondary N) is 2. The van der Waals surface area contributed by atoms with Crippen molar-refractivity contribution in [3.05, 3.63) is 83.9 Å². The summed E-state index contributed by atoms with van der Waals surface area (Å²) in [5.41, 5.74) is -0.196. The number of anilines is 3. The lowest BCUT2D eigenvalue weighted by Gasteiger charge is -2.32. The molecule has 2 N–H and O–H groups in total. The molecule has 2 aliphatic rings. The molecule has 1 fully saturated rings. The van der Waals surface area contributed by atoms with Crippen LogP contribution in [-0.2, 0) is 4.79 Å². The lowest BCUT2D eigenvalue weighted by molar-refractivity contribution is -0.127. The number of urea groups is 1. The van der Waals surface area contributed by atoms with Crippen molar-refractivity contribution in [3.8, 4) is 11.5 Å². The van der Waals surface area contributed by atoms with Crippen LogP contribution >= 0.6 is 11.3 Å². The van der Waals surface area contributed by atoms with E-state index in [1.807, 2.05) is 0 Å². The molecule has 2 aliphatic heterocycles. The molecule has 41 heavy (non-hydrogen) atoms. The molecule has 12 heteroatoms. The number of benzene rings is 2. The molecule has 4 aromatic rings. The lowest BCUT2D eigenvalue weighted by atomic mass is 10.1. The Labute approximate surface area is 237 Å². The van der Waals surface area contributed by atoms with Crippen LogP contribution in [0.1, 0.15) is 22.5 Å². The van der Waals surface area contributed by atoms with Crippen LogP contribution in [0.5, 0.6) is 11.5 Å². The molecule has 0 bridgehead atoms. The zero-order chi connectivity index (χ0) is 28.7. The summed E-state index contributed by atoms with van der Waals surface area (Å²) in [5, 5.41) is 5.97. The molecule has 0 spiro atoms. The van der Waals surface area contributed by atoms with Gasteiger partial charge in [0.25, 0.3) is 5.91 Å². The van der Waals surface area contributed by atoms with Crippen molar-refractivity contribution >= 4 is 56.5 Å². The Hall–Kier alpha value is -4.84. The van der Waals surface area contributed by atoms with Gasteiger partial charge >= 0.3 is 6.03 Å². The number of rotatable bonds is 6. The number of hydrogen-bond acceptors (Lipinski definition) is 6. The molecule has 6 rings (SSSR count). The van der Waals surface area contributed by atoms with Crippen LogP contribution in [0.2, 0.25) is 0 Å². The Balaban J connectivity index is 1.32. The van der Waals surface area contributed by atoms with Gasteiger partial charge in [-0.15, -0.1) is 11.3 Å². The fourth-order valence-electron chi connectivity index (χ4n) is 5.08. The number of piperidine rings is 1. The predicted octanol–water partition coefficient (Wildman–Crippen LogP) is 5.96. The summed E-state index contributed by atoms with van der Waals surface area (Å²) in [6, 6.07) is 10.9. The van der Waals surface area contributed by atoms with Crippen molar-refractivity contribution < 1.29 is 27.9 Å². The maximum absolute atomic E-state index is 15.4. The molecule has 9 nitrogen and oxygen atoms in total. The van der Waals surface area contributed by atoms with Gasteiger partial charge in [-0.1, -0.05) is 24.8 Å². The van der Waals surface area contributed by atoms with Gasteiger partial charge in [-0.2, -0.15) is 0 Å². The van der Waals surface area contributed by atoms with Crippen molar-refractivity contribution in [2.75, 3.05) is 23.3 Å². The molecule has 208 valence electrons. The molecule has 0 unspecified atom stereocenters. The second-order valence-electron chi connectivity index (χ2n) is 9.53. The van der Waals surface area contributed by atoms with Gasteiger partial charge in [0.2, 0.25) is 5.91 Å². The Morgan fingerprint density at radius 2 is 1.90 bits per heavy atom. The number of carbonyl (C=O) groups excluding carboxylic acids is 3. The first-order valence-electron chi connectivity index (χ1n) is 12.8. The average molecular weight is 576 g/mol. The van der Waals surface area contributed by atoms with Gasteiger partial charge in [0.15, 0.2) is 11.6 Å². The van der Waals surface area contributed by atoms with Gasteiger partial charge in [-0.25, -0.2) is 18.6 Å². The number of para-hydroxylation sites is 1. The highest BCUT2D eigenvalue weighted by Gasteiger charge is 2.36. The molecule has 0 saturated carbocycles. The Morgan fingerprint density at radius 3 is 2.63 bits per heavy atom. The van der Waals surface area contributed by atoms with Gasteiger partial charge in [-0.3, -0.25) is 14.5 Å². The first-order chi connectivity index (χ1) is 19.8. The standard InChI is InChI=1S/C29H23F2N5O4S/c1-2-22(37)35-12-6-7-16(15-35)33-27(38)26-24-23-21(10-11-32-28(23)41-26)36(29(39)34-24)25-19(30)13-18(14-20(25)31)40-17-8-4-3-5-9-17/h2-5,8-11,13-14,16H,1,6-7,12,15H2,(H,33,38)(H,34,39)/t16-/m1/s1. The highest BCUT2D eigenvalue weighted by atomic mass is 32.1. The van der Waals surface area contributed by atoms with Crippen LogP contribution in [0.15, 0.2) is 67.4 Å². The van der Waals surface area contributed by atoms with Crippen LogP contribution < -0.4 is 20.3 Å². The van der Waals surface area contributed by atoms with Gasteiger partial charge in [0.1, 0.15) is 26.9 Å². The van der Waals surface area contributed by atoms with E-state index in [1.165, 1.54) is 18.3 Å². The van der Waals surface area contributed by atoms with Gasteiger partial charge in [0.05, 0.1) is 16.8 Å². The average Bonchev–Trinajstić information content (AvgIpc) is 3.34. The number of thiophene rings is 1. The fourth-order valence-corrected chi connectivity index (χ4v) is 6.10. The summed E-state index contributed by atoms with van der Waals surface area (Å²) in [6.07, 6.45) is 4.05. The fraction of sp³-hybridized carbons (Fsp3) is 0.172. The monoisotopic (exact) mass is 575 g/mol. The molecule has 4 heterocycles. The molecular formula is C29H23F2N5O4S. The molecule has 2 aromatic heterocycles. The maximum atomic E-state index is 15.4. The second-order valence-corrected chi connectivity index (χ2v) is 10.5. The molecule has 1 atom stereocenters. The number of likely N-dealkylation sites (tertiary alicyclic amines) is 1. The topological polar surface area (TPSA) is 104 Å². The normalized spacial score (nSPS) is 16.3. The van der Waals surface area contributed by atoms with E-state index in [2.05, 4.69) is 22.2 Å². The van der Waals surface area contributed by atoms with Gasteiger partial charge in [-0.05, 0) is 37.1 Å². The molecule has 4 amide bonds.